The molecule has 158 valence electrons. The minimum Gasteiger partial charge on any atom is -0.490 e. The fraction of sp³-hybridized carbons (Fsp3) is 0.280. The number of amides is 2. The molecule has 5 rings (SSSR count). The number of para-hydroxylation sites is 2. The van der Waals surface area contributed by atoms with Crippen LogP contribution in [0.4, 0.5) is 5.69 Å². The van der Waals surface area contributed by atoms with Crippen LogP contribution in [-0.2, 0) is 16.1 Å². The van der Waals surface area contributed by atoms with Crippen molar-refractivity contribution in [3.8, 4) is 5.75 Å². The maximum Gasteiger partial charge on any atom is 0.227 e. The maximum absolute atomic E-state index is 13.3. The number of hydrogen-bond acceptors (Lipinski definition) is 3. The molecule has 0 N–H and O–H groups in total. The van der Waals surface area contributed by atoms with Crippen molar-refractivity contribution in [2.24, 2.45) is 0 Å². The third-order valence-electron chi connectivity index (χ3n) is 6.06. The van der Waals surface area contributed by atoms with Gasteiger partial charge in [-0.2, -0.15) is 0 Å². The Morgan fingerprint density at radius 3 is 2.48 bits per heavy atom. The second kappa shape index (κ2) is 8.30. The van der Waals surface area contributed by atoms with Gasteiger partial charge in [0.15, 0.2) is 0 Å². The highest BCUT2D eigenvalue weighted by atomic mass is 16.5. The number of nitrogens with zero attached hydrogens (tertiary/aromatic N) is 3. The first-order valence-corrected chi connectivity index (χ1v) is 10.7. The van der Waals surface area contributed by atoms with Gasteiger partial charge < -0.3 is 19.1 Å². The lowest BCUT2D eigenvalue weighted by Crippen LogP contribution is -2.43. The quantitative estimate of drug-likeness (QED) is 0.654. The zero-order valence-corrected chi connectivity index (χ0v) is 17.3. The predicted molar refractivity (Wildman–Crippen MR) is 118 cm³/mol. The molecule has 0 bridgehead atoms. The summed E-state index contributed by atoms with van der Waals surface area (Å²) in [5.41, 5.74) is 2.98. The van der Waals surface area contributed by atoms with Crippen molar-refractivity contribution in [2.45, 2.75) is 25.4 Å². The highest BCUT2D eigenvalue weighted by Crippen LogP contribution is 2.34. The summed E-state index contributed by atoms with van der Waals surface area (Å²) in [7, 11) is 0. The lowest BCUT2D eigenvalue weighted by atomic mass is 9.99. The molecule has 2 aliphatic heterocycles. The number of fused-ring (bicyclic) bond motifs is 2. The van der Waals surface area contributed by atoms with E-state index in [0.717, 1.165) is 29.2 Å². The topological polar surface area (TPSA) is 54.8 Å². The lowest BCUT2D eigenvalue weighted by molar-refractivity contribution is -0.135. The predicted octanol–water partition coefficient (Wildman–Crippen LogP) is 3.63. The summed E-state index contributed by atoms with van der Waals surface area (Å²) in [6, 6.07) is 21.6. The van der Waals surface area contributed by atoms with E-state index in [4.69, 9.17) is 4.74 Å². The first kappa shape index (κ1) is 19.4. The molecule has 0 spiro atoms. The summed E-state index contributed by atoms with van der Waals surface area (Å²) in [6.07, 6.45) is 2.45. The molecule has 31 heavy (non-hydrogen) atoms. The van der Waals surface area contributed by atoms with Crippen LogP contribution in [0.3, 0.4) is 0 Å². The summed E-state index contributed by atoms with van der Waals surface area (Å²) >= 11 is 0. The van der Waals surface area contributed by atoms with Gasteiger partial charge in [-0.3, -0.25) is 9.59 Å². The third-order valence-corrected chi connectivity index (χ3v) is 6.06. The average molecular weight is 415 g/mol. The number of anilines is 1. The Morgan fingerprint density at radius 2 is 1.61 bits per heavy atom. The molecule has 1 unspecified atom stereocenters. The molecule has 0 saturated heterocycles. The number of ether oxygens (including phenoxy) is 1. The van der Waals surface area contributed by atoms with E-state index >= 15 is 0 Å². The van der Waals surface area contributed by atoms with Crippen LogP contribution < -0.4 is 9.64 Å². The molecule has 3 aromatic rings. The molecule has 6 heteroatoms. The van der Waals surface area contributed by atoms with E-state index in [1.54, 1.807) is 4.90 Å². The van der Waals surface area contributed by atoms with Gasteiger partial charge in [0.1, 0.15) is 12.4 Å². The molecule has 2 aliphatic rings. The minimum atomic E-state index is -0.128. The van der Waals surface area contributed by atoms with Crippen molar-refractivity contribution in [2.75, 3.05) is 24.6 Å². The van der Waals surface area contributed by atoms with E-state index in [0.29, 0.717) is 19.7 Å². The molecule has 0 fully saturated rings. The van der Waals surface area contributed by atoms with Crippen molar-refractivity contribution in [3.63, 3.8) is 0 Å². The molecule has 2 aromatic carbocycles. The fourth-order valence-corrected chi connectivity index (χ4v) is 4.56. The minimum absolute atomic E-state index is 0.0104. The van der Waals surface area contributed by atoms with Crippen LogP contribution in [0.2, 0.25) is 0 Å². The van der Waals surface area contributed by atoms with Crippen molar-refractivity contribution in [1.29, 1.82) is 0 Å². The van der Waals surface area contributed by atoms with Gasteiger partial charge >= 0.3 is 0 Å². The molecule has 1 atom stereocenters. The Morgan fingerprint density at radius 1 is 0.839 bits per heavy atom. The molecular formula is C25H25N3O3. The van der Waals surface area contributed by atoms with Gasteiger partial charge in [-0.05, 0) is 29.8 Å². The summed E-state index contributed by atoms with van der Waals surface area (Å²) in [5.74, 6) is 0.686. The van der Waals surface area contributed by atoms with Crippen molar-refractivity contribution in [3.05, 3.63) is 84.2 Å². The molecule has 0 saturated carbocycles. The van der Waals surface area contributed by atoms with Gasteiger partial charge in [0.25, 0.3) is 0 Å². The number of hydrogen-bond donors (Lipinski definition) is 0. The monoisotopic (exact) mass is 415 g/mol. The van der Waals surface area contributed by atoms with E-state index in [1.807, 2.05) is 53.4 Å². The first-order valence-electron chi connectivity index (χ1n) is 10.7. The van der Waals surface area contributed by atoms with Crippen LogP contribution in [0.5, 0.6) is 5.75 Å². The van der Waals surface area contributed by atoms with E-state index in [9.17, 15) is 9.59 Å². The van der Waals surface area contributed by atoms with E-state index in [1.165, 1.54) is 0 Å². The standard InChI is InChI=1S/C25H25N3O3/c29-23(27-17-18-31-22-11-5-4-9-20(22)27)12-13-24(30)28-16-15-26-14-6-10-21(26)25(28)19-7-2-1-3-8-19/h1-11,14,25H,12-13,15-18H2. The summed E-state index contributed by atoms with van der Waals surface area (Å²) in [5, 5.41) is 0. The second-order valence-electron chi connectivity index (χ2n) is 7.89. The Hall–Kier alpha value is -3.54. The zero-order chi connectivity index (χ0) is 21.2. The Bertz CT molecular complexity index is 1090. The highest BCUT2D eigenvalue weighted by Gasteiger charge is 2.32. The van der Waals surface area contributed by atoms with Crippen LogP contribution in [-0.4, -0.2) is 41.0 Å². The SMILES string of the molecule is O=C(CCC(=O)N1CCn2cccc2C1c1ccccc1)N1CCOc2ccccc21. The van der Waals surface area contributed by atoms with Crippen LogP contribution in [0, 0.1) is 0 Å². The van der Waals surface area contributed by atoms with Gasteiger partial charge in [-0.1, -0.05) is 42.5 Å². The number of benzene rings is 2. The van der Waals surface area contributed by atoms with Gasteiger partial charge in [-0.15, -0.1) is 0 Å². The molecule has 0 aliphatic carbocycles. The van der Waals surface area contributed by atoms with Crippen molar-refractivity contribution < 1.29 is 14.3 Å². The van der Waals surface area contributed by atoms with E-state index < -0.39 is 0 Å². The maximum atomic E-state index is 13.3. The number of carbonyl (C=O) groups excluding carboxylic acids is 2. The van der Waals surface area contributed by atoms with Gasteiger partial charge in [0.05, 0.1) is 18.3 Å². The molecule has 2 amide bonds. The average Bonchev–Trinajstić information content (AvgIpc) is 3.31. The molecule has 1 aromatic heterocycles. The zero-order valence-electron chi connectivity index (χ0n) is 17.3. The van der Waals surface area contributed by atoms with Gasteiger partial charge in [-0.25, -0.2) is 0 Å². The molecule has 0 radical (unpaired) electrons. The highest BCUT2D eigenvalue weighted by molar-refractivity contribution is 5.97. The fourth-order valence-electron chi connectivity index (χ4n) is 4.56. The largest absolute Gasteiger partial charge is 0.490 e. The molecule has 3 heterocycles. The van der Waals surface area contributed by atoms with Crippen LogP contribution in [0.15, 0.2) is 72.9 Å². The molecule has 6 nitrogen and oxygen atoms in total. The Labute approximate surface area is 181 Å². The summed E-state index contributed by atoms with van der Waals surface area (Å²) in [4.78, 5) is 29.9. The van der Waals surface area contributed by atoms with Crippen molar-refractivity contribution in [1.82, 2.24) is 9.47 Å². The smallest absolute Gasteiger partial charge is 0.227 e. The molecular weight excluding hydrogens is 390 g/mol. The van der Waals surface area contributed by atoms with Gasteiger partial charge in [0.2, 0.25) is 11.8 Å². The summed E-state index contributed by atoms with van der Waals surface area (Å²) < 4.78 is 7.85. The van der Waals surface area contributed by atoms with Gasteiger partial charge in [0, 0.05) is 37.8 Å². The Balaban J connectivity index is 1.32. The van der Waals surface area contributed by atoms with E-state index in [-0.39, 0.29) is 30.7 Å². The number of rotatable bonds is 4. The first-order chi connectivity index (χ1) is 15.2. The van der Waals surface area contributed by atoms with E-state index in [2.05, 4.69) is 29.0 Å². The normalized spacial score (nSPS) is 17.5. The third kappa shape index (κ3) is 3.69. The van der Waals surface area contributed by atoms with Crippen molar-refractivity contribution >= 4 is 17.5 Å². The number of carbonyl (C=O) groups is 2. The van der Waals surface area contributed by atoms with Crippen LogP contribution >= 0.6 is 0 Å². The number of aromatic nitrogens is 1. The lowest BCUT2D eigenvalue weighted by Gasteiger charge is -2.37. The van der Waals surface area contributed by atoms with Crippen LogP contribution in [0.25, 0.3) is 0 Å². The summed E-state index contributed by atoms with van der Waals surface area (Å²) in [6.45, 7) is 2.38. The Kier molecular flexibility index (Phi) is 5.20. The van der Waals surface area contributed by atoms with Crippen LogP contribution in [0.1, 0.15) is 30.1 Å². The second-order valence-corrected chi connectivity index (χ2v) is 7.89.